The Bertz CT molecular complexity index is 221. The molecular formula is C10H21N3O2. The van der Waals surface area contributed by atoms with E-state index in [1.54, 1.807) is 0 Å². The summed E-state index contributed by atoms with van der Waals surface area (Å²) in [6.45, 7) is 8.62. The van der Waals surface area contributed by atoms with Crippen molar-refractivity contribution in [3.8, 4) is 0 Å². The first kappa shape index (κ1) is 13.9. The standard InChI is InChI=1S/C10H21N3O2/c1-5-11-6-8(14)12-7-9(15)13-10(2,3)4/h11H,5-7H2,1-4H3,(H,12,14)(H,13,15). The summed E-state index contributed by atoms with van der Waals surface area (Å²) in [5.41, 5.74) is -0.260. The van der Waals surface area contributed by atoms with Crippen molar-refractivity contribution in [1.29, 1.82) is 0 Å². The summed E-state index contributed by atoms with van der Waals surface area (Å²) in [5.74, 6) is -0.340. The molecule has 3 N–H and O–H groups in total. The molecule has 0 aliphatic carbocycles. The minimum Gasteiger partial charge on any atom is -0.350 e. The van der Waals surface area contributed by atoms with Crippen LogP contribution in [-0.4, -0.2) is 37.0 Å². The highest BCUT2D eigenvalue weighted by molar-refractivity contribution is 5.85. The van der Waals surface area contributed by atoms with Gasteiger partial charge in [0.05, 0.1) is 13.1 Å². The van der Waals surface area contributed by atoms with Gasteiger partial charge in [0, 0.05) is 5.54 Å². The third kappa shape index (κ3) is 9.21. The highest BCUT2D eigenvalue weighted by Crippen LogP contribution is 1.96. The lowest BCUT2D eigenvalue weighted by molar-refractivity contribution is -0.126. The first-order valence-electron chi connectivity index (χ1n) is 5.13. The van der Waals surface area contributed by atoms with Gasteiger partial charge in [-0.05, 0) is 27.3 Å². The van der Waals surface area contributed by atoms with Crippen LogP contribution in [0.5, 0.6) is 0 Å². The highest BCUT2D eigenvalue weighted by Gasteiger charge is 2.13. The minimum atomic E-state index is -0.260. The maximum Gasteiger partial charge on any atom is 0.239 e. The van der Waals surface area contributed by atoms with Gasteiger partial charge in [-0.2, -0.15) is 0 Å². The SMILES string of the molecule is CCNCC(=O)NCC(=O)NC(C)(C)C. The first-order valence-corrected chi connectivity index (χ1v) is 5.13. The lowest BCUT2D eigenvalue weighted by Crippen LogP contribution is -2.47. The fraction of sp³-hybridized carbons (Fsp3) is 0.800. The van der Waals surface area contributed by atoms with Gasteiger partial charge in [0.15, 0.2) is 0 Å². The summed E-state index contributed by atoms with van der Waals surface area (Å²) in [6.07, 6.45) is 0. The summed E-state index contributed by atoms with van der Waals surface area (Å²) in [5, 5.41) is 8.16. The zero-order valence-corrected chi connectivity index (χ0v) is 9.94. The second-order valence-electron chi connectivity index (χ2n) is 4.36. The van der Waals surface area contributed by atoms with E-state index in [1.807, 2.05) is 27.7 Å². The van der Waals surface area contributed by atoms with Crippen LogP contribution in [0.25, 0.3) is 0 Å². The first-order chi connectivity index (χ1) is 6.85. The van der Waals surface area contributed by atoms with Crippen LogP contribution in [-0.2, 0) is 9.59 Å². The van der Waals surface area contributed by atoms with E-state index < -0.39 is 0 Å². The van der Waals surface area contributed by atoms with Gasteiger partial charge < -0.3 is 16.0 Å². The van der Waals surface area contributed by atoms with Crippen LogP contribution in [0.1, 0.15) is 27.7 Å². The molecule has 0 atom stereocenters. The molecule has 0 saturated heterocycles. The zero-order chi connectivity index (χ0) is 11.9. The largest absolute Gasteiger partial charge is 0.350 e. The minimum absolute atomic E-state index is 0.0293. The van der Waals surface area contributed by atoms with Crippen molar-refractivity contribution in [1.82, 2.24) is 16.0 Å². The molecule has 0 unspecified atom stereocenters. The molecule has 0 aliphatic heterocycles. The summed E-state index contributed by atoms with van der Waals surface area (Å²) in [6, 6.07) is 0. The van der Waals surface area contributed by atoms with E-state index in [0.717, 1.165) is 6.54 Å². The second-order valence-corrected chi connectivity index (χ2v) is 4.36. The summed E-state index contributed by atoms with van der Waals surface area (Å²) < 4.78 is 0. The Morgan fingerprint density at radius 2 is 1.67 bits per heavy atom. The Morgan fingerprint density at radius 3 is 2.13 bits per heavy atom. The second kappa shape index (κ2) is 6.40. The van der Waals surface area contributed by atoms with Gasteiger partial charge in [0.1, 0.15) is 0 Å². The molecule has 5 heteroatoms. The van der Waals surface area contributed by atoms with E-state index in [-0.39, 0.29) is 30.4 Å². The van der Waals surface area contributed by atoms with Crippen molar-refractivity contribution in [2.75, 3.05) is 19.6 Å². The van der Waals surface area contributed by atoms with Crippen molar-refractivity contribution in [2.45, 2.75) is 33.2 Å². The molecule has 2 amide bonds. The molecule has 15 heavy (non-hydrogen) atoms. The third-order valence-electron chi connectivity index (χ3n) is 1.50. The van der Waals surface area contributed by atoms with Crippen LogP contribution in [0.3, 0.4) is 0 Å². The number of hydrogen-bond donors (Lipinski definition) is 3. The Labute approximate surface area is 91.0 Å². The molecule has 0 aromatic carbocycles. The molecule has 0 bridgehead atoms. The molecule has 0 spiro atoms. The van der Waals surface area contributed by atoms with E-state index in [4.69, 9.17) is 0 Å². The molecule has 0 aliphatic rings. The van der Waals surface area contributed by atoms with Crippen LogP contribution in [0.4, 0.5) is 0 Å². The number of likely N-dealkylation sites (N-methyl/N-ethyl adjacent to an activating group) is 1. The number of carbonyl (C=O) groups is 2. The average Bonchev–Trinajstić information content (AvgIpc) is 2.08. The van der Waals surface area contributed by atoms with Crippen molar-refractivity contribution in [2.24, 2.45) is 0 Å². The smallest absolute Gasteiger partial charge is 0.239 e. The van der Waals surface area contributed by atoms with Crippen molar-refractivity contribution < 1.29 is 9.59 Å². The summed E-state index contributed by atoms with van der Waals surface area (Å²) in [4.78, 5) is 22.4. The number of hydrogen-bond acceptors (Lipinski definition) is 3. The van der Waals surface area contributed by atoms with Crippen LogP contribution in [0.2, 0.25) is 0 Å². The normalized spacial score (nSPS) is 10.9. The molecule has 0 saturated carbocycles. The fourth-order valence-electron chi connectivity index (χ4n) is 0.942. The molecular weight excluding hydrogens is 194 g/mol. The highest BCUT2D eigenvalue weighted by atomic mass is 16.2. The van der Waals surface area contributed by atoms with Crippen molar-refractivity contribution in [3.05, 3.63) is 0 Å². The van der Waals surface area contributed by atoms with Crippen LogP contribution in [0, 0.1) is 0 Å². The molecule has 0 aromatic heterocycles. The topological polar surface area (TPSA) is 70.2 Å². The van der Waals surface area contributed by atoms with Crippen LogP contribution in [0.15, 0.2) is 0 Å². The maximum atomic E-state index is 11.3. The monoisotopic (exact) mass is 215 g/mol. The van der Waals surface area contributed by atoms with Crippen LogP contribution < -0.4 is 16.0 Å². The molecule has 0 aromatic rings. The number of rotatable bonds is 5. The van der Waals surface area contributed by atoms with E-state index in [9.17, 15) is 9.59 Å². The van der Waals surface area contributed by atoms with Crippen molar-refractivity contribution >= 4 is 11.8 Å². The number of amides is 2. The quantitative estimate of drug-likeness (QED) is 0.586. The lowest BCUT2D eigenvalue weighted by atomic mass is 10.1. The Kier molecular flexibility index (Phi) is 5.93. The van der Waals surface area contributed by atoms with E-state index in [0.29, 0.717) is 0 Å². The molecule has 5 nitrogen and oxygen atoms in total. The number of carbonyl (C=O) groups excluding carboxylic acids is 2. The van der Waals surface area contributed by atoms with E-state index in [2.05, 4.69) is 16.0 Å². The predicted molar refractivity (Wildman–Crippen MR) is 59.4 cm³/mol. The molecule has 0 heterocycles. The summed E-state index contributed by atoms with van der Waals surface area (Å²) >= 11 is 0. The molecule has 0 radical (unpaired) electrons. The van der Waals surface area contributed by atoms with Gasteiger partial charge in [-0.25, -0.2) is 0 Å². The number of nitrogens with one attached hydrogen (secondary N) is 3. The Morgan fingerprint density at radius 1 is 1.07 bits per heavy atom. The molecule has 88 valence electrons. The van der Waals surface area contributed by atoms with Crippen molar-refractivity contribution in [3.63, 3.8) is 0 Å². The van der Waals surface area contributed by atoms with E-state index >= 15 is 0 Å². The molecule has 0 fully saturated rings. The third-order valence-corrected chi connectivity index (χ3v) is 1.50. The van der Waals surface area contributed by atoms with Gasteiger partial charge in [0.25, 0.3) is 0 Å². The van der Waals surface area contributed by atoms with Gasteiger partial charge in [0.2, 0.25) is 11.8 Å². The Hall–Kier alpha value is -1.10. The van der Waals surface area contributed by atoms with Gasteiger partial charge in [-0.15, -0.1) is 0 Å². The molecule has 0 rings (SSSR count). The van der Waals surface area contributed by atoms with Gasteiger partial charge in [-0.1, -0.05) is 6.92 Å². The Balaban J connectivity index is 3.67. The average molecular weight is 215 g/mol. The fourth-order valence-corrected chi connectivity index (χ4v) is 0.942. The summed E-state index contributed by atoms with van der Waals surface area (Å²) in [7, 11) is 0. The predicted octanol–water partition coefficient (Wildman–Crippen LogP) is -0.373. The zero-order valence-electron chi connectivity index (χ0n) is 9.94. The van der Waals surface area contributed by atoms with Gasteiger partial charge in [-0.3, -0.25) is 9.59 Å². The lowest BCUT2D eigenvalue weighted by Gasteiger charge is -2.20. The van der Waals surface area contributed by atoms with Crippen LogP contribution >= 0.6 is 0 Å². The maximum absolute atomic E-state index is 11.3. The van der Waals surface area contributed by atoms with Gasteiger partial charge >= 0.3 is 0 Å². The van der Waals surface area contributed by atoms with E-state index in [1.165, 1.54) is 0 Å².